The van der Waals surface area contributed by atoms with E-state index in [1.165, 1.54) is 28.7 Å². The molecule has 2 aliphatic rings. The van der Waals surface area contributed by atoms with Crippen LogP contribution in [0.2, 0.25) is 0 Å². The van der Waals surface area contributed by atoms with Gasteiger partial charge in [0.2, 0.25) is 0 Å². The third-order valence-corrected chi connectivity index (χ3v) is 5.94. The van der Waals surface area contributed by atoms with Crippen LogP contribution in [0.15, 0.2) is 48.5 Å². The Morgan fingerprint density at radius 2 is 1.26 bits per heavy atom. The zero-order chi connectivity index (χ0) is 19.8. The highest BCUT2D eigenvalue weighted by Gasteiger charge is 2.62. The van der Waals surface area contributed by atoms with E-state index in [1.807, 2.05) is 0 Å². The molecule has 0 saturated heterocycles. The minimum absolute atomic E-state index is 0.0409. The summed E-state index contributed by atoms with van der Waals surface area (Å²) in [5, 5.41) is 14.8. The SMILES string of the molecule is CCCN1C2(C)c3ccccc3C1(CC)c1ccccc12.O=C(O)C(=O)O. The fourth-order valence-electron chi connectivity index (χ4n) is 5.00. The van der Waals surface area contributed by atoms with Crippen molar-refractivity contribution in [1.82, 2.24) is 4.90 Å². The van der Waals surface area contributed by atoms with Crippen LogP contribution in [0.5, 0.6) is 0 Å². The van der Waals surface area contributed by atoms with Gasteiger partial charge in [0.15, 0.2) is 0 Å². The van der Waals surface area contributed by atoms with Gasteiger partial charge in [0.25, 0.3) is 0 Å². The van der Waals surface area contributed by atoms with Gasteiger partial charge in [-0.05, 0) is 42.0 Å². The predicted octanol–water partition coefficient (Wildman–Crippen LogP) is 3.80. The maximum atomic E-state index is 9.10. The van der Waals surface area contributed by atoms with E-state index in [2.05, 4.69) is 74.2 Å². The molecule has 0 unspecified atom stereocenters. The van der Waals surface area contributed by atoms with Crippen LogP contribution in [0.25, 0.3) is 0 Å². The number of hydrogen-bond acceptors (Lipinski definition) is 3. The van der Waals surface area contributed by atoms with E-state index >= 15 is 0 Å². The number of rotatable bonds is 3. The second kappa shape index (κ2) is 6.82. The topological polar surface area (TPSA) is 77.8 Å². The minimum atomic E-state index is -1.82. The van der Waals surface area contributed by atoms with E-state index in [-0.39, 0.29) is 11.1 Å². The van der Waals surface area contributed by atoms with Crippen LogP contribution in [-0.4, -0.2) is 33.6 Å². The molecule has 2 aliphatic heterocycles. The molecule has 0 amide bonds. The molecular formula is C22H25NO4. The number of carbonyl (C=O) groups is 2. The van der Waals surface area contributed by atoms with Gasteiger partial charge in [0.1, 0.15) is 0 Å². The minimum Gasteiger partial charge on any atom is -0.473 e. The molecule has 0 aliphatic carbocycles. The number of aliphatic carboxylic acids is 2. The molecule has 0 spiro atoms. The number of hydrogen-bond donors (Lipinski definition) is 2. The summed E-state index contributed by atoms with van der Waals surface area (Å²) in [6.07, 6.45) is 2.33. The van der Waals surface area contributed by atoms with E-state index in [1.54, 1.807) is 0 Å². The summed E-state index contributed by atoms with van der Waals surface area (Å²) in [4.78, 5) is 21.0. The van der Waals surface area contributed by atoms with Gasteiger partial charge in [-0.15, -0.1) is 0 Å². The van der Waals surface area contributed by atoms with E-state index in [9.17, 15) is 0 Å². The Bertz CT molecular complexity index is 830. The molecule has 142 valence electrons. The number of nitrogens with zero attached hydrogens (tertiary/aromatic N) is 1. The zero-order valence-corrected chi connectivity index (χ0v) is 15.9. The molecule has 2 aromatic carbocycles. The van der Waals surface area contributed by atoms with Crippen molar-refractivity contribution < 1.29 is 19.8 Å². The first-order chi connectivity index (χ1) is 12.9. The van der Waals surface area contributed by atoms with Crippen LogP contribution in [0.3, 0.4) is 0 Å². The zero-order valence-electron chi connectivity index (χ0n) is 15.9. The highest BCUT2D eigenvalue weighted by molar-refractivity contribution is 6.27. The summed E-state index contributed by atoms with van der Waals surface area (Å²) in [5.74, 6) is -3.65. The summed E-state index contributed by atoms with van der Waals surface area (Å²) in [6, 6.07) is 18.2. The summed E-state index contributed by atoms with van der Waals surface area (Å²) >= 11 is 0. The van der Waals surface area contributed by atoms with E-state index in [0.29, 0.717) is 0 Å². The van der Waals surface area contributed by atoms with Gasteiger partial charge in [0, 0.05) is 6.54 Å². The lowest BCUT2D eigenvalue weighted by molar-refractivity contribution is -0.159. The molecule has 4 rings (SSSR count). The van der Waals surface area contributed by atoms with Gasteiger partial charge in [-0.25, -0.2) is 9.59 Å². The standard InChI is InChI=1S/C20H23N.C2H2O4/c1-4-14-21-19(3)15-10-6-8-12-17(15)20(21,5-2)18-13-9-7-11-16(18)19;3-1(4)2(5)6/h6-13H,4-5,14H2,1-3H3;(H,3,4)(H,5,6). The molecule has 5 nitrogen and oxygen atoms in total. The Hall–Kier alpha value is -2.66. The van der Waals surface area contributed by atoms with Crippen molar-refractivity contribution in [2.24, 2.45) is 0 Å². The van der Waals surface area contributed by atoms with Crippen molar-refractivity contribution in [3.8, 4) is 0 Å². The lowest BCUT2D eigenvalue weighted by Crippen LogP contribution is -2.44. The van der Waals surface area contributed by atoms with Crippen molar-refractivity contribution >= 4 is 11.9 Å². The number of carboxylic acid groups (broad SMARTS) is 2. The van der Waals surface area contributed by atoms with Crippen LogP contribution in [0.4, 0.5) is 0 Å². The number of fused-ring (bicyclic) bond motifs is 8. The molecule has 5 heteroatoms. The fraction of sp³-hybridized carbons (Fsp3) is 0.364. The van der Waals surface area contributed by atoms with Gasteiger partial charge in [0.05, 0.1) is 11.1 Å². The second-order valence-corrected chi connectivity index (χ2v) is 7.14. The monoisotopic (exact) mass is 367 g/mol. The third kappa shape index (κ3) is 2.49. The smallest absolute Gasteiger partial charge is 0.414 e. The first-order valence-electron chi connectivity index (χ1n) is 9.29. The summed E-state index contributed by atoms with van der Waals surface area (Å²) < 4.78 is 0. The summed E-state index contributed by atoms with van der Waals surface area (Å²) in [6.45, 7) is 8.20. The number of benzene rings is 2. The number of carboxylic acids is 2. The van der Waals surface area contributed by atoms with Crippen molar-refractivity contribution in [2.75, 3.05) is 6.54 Å². The van der Waals surface area contributed by atoms with Crippen LogP contribution >= 0.6 is 0 Å². The fourth-order valence-corrected chi connectivity index (χ4v) is 5.00. The Kier molecular flexibility index (Phi) is 4.82. The molecular weight excluding hydrogens is 342 g/mol. The highest BCUT2D eigenvalue weighted by Crippen LogP contribution is 2.64. The Balaban J connectivity index is 0.000000307. The first kappa shape index (κ1) is 19.1. The molecule has 27 heavy (non-hydrogen) atoms. The lowest BCUT2D eigenvalue weighted by atomic mass is 9.72. The maximum absolute atomic E-state index is 9.10. The normalized spacial score (nSPS) is 24.6. The molecule has 2 bridgehead atoms. The van der Waals surface area contributed by atoms with Crippen LogP contribution in [0.1, 0.15) is 55.9 Å². The summed E-state index contributed by atoms with van der Waals surface area (Å²) in [7, 11) is 0. The third-order valence-electron chi connectivity index (χ3n) is 5.94. The molecule has 2 aromatic rings. The van der Waals surface area contributed by atoms with Crippen molar-refractivity contribution in [3.63, 3.8) is 0 Å². The molecule has 0 fully saturated rings. The Morgan fingerprint density at radius 1 is 0.852 bits per heavy atom. The average Bonchev–Trinajstić information content (AvgIpc) is 3.02. The quantitative estimate of drug-likeness (QED) is 0.807. The molecule has 2 N–H and O–H groups in total. The molecule has 0 radical (unpaired) electrons. The molecule has 0 aromatic heterocycles. The van der Waals surface area contributed by atoms with Gasteiger partial charge in [-0.2, -0.15) is 0 Å². The molecule has 0 saturated carbocycles. The van der Waals surface area contributed by atoms with Gasteiger partial charge in [-0.1, -0.05) is 62.4 Å². The van der Waals surface area contributed by atoms with Crippen LogP contribution in [-0.2, 0) is 20.7 Å². The Morgan fingerprint density at radius 3 is 1.59 bits per heavy atom. The largest absolute Gasteiger partial charge is 0.473 e. The van der Waals surface area contributed by atoms with E-state index < -0.39 is 11.9 Å². The van der Waals surface area contributed by atoms with Gasteiger partial charge < -0.3 is 10.2 Å². The summed E-state index contributed by atoms with van der Waals surface area (Å²) in [5.41, 5.74) is 6.21. The van der Waals surface area contributed by atoms with Crippen molar-refractivity contribution in [1.29, 1.82) is 0 Å². The van der Waals surface area contributed by atoms with Crippen molar-refractivity contribution in [3.05, 3.63) is 70.8 Å². The van der Waals surface area contributed by atoms with Crippen molar-refractivity contribution in [2.45, 2.75) is 44.7 Å². The molecule has 2 heterocycles. The first-order valence-corrected chi connectivity index (χ1v) is 9.29. The second-order valence-electron chi connectivity index (χ2n) is 7.14. The van der Waals surface area contributed by atoms with E-state index in [4.69, 9.17) is 19.8 Å². The predicted molar refractivity (Wildman–Crippen MR) is 103 cm³/mol. The Labute approximate surface area is 159 Å². The molecule has 0 atom stereocenters. The van der Waals surface area contributed by atoms with Crippen LogP contribution in [0, 0.1) is 0 Å². The van der Waals surface area contributed by atoms with E-state index in [0.717, 1.165) is 13.0 Å². The maximum Gasteiger partial charge on any atom is 0.414 e. The van der Waals surface area contributed by atoms with Crippen LogP contribution < -0.4 is 0 Å². The highest BCUT2D eigenvalue weighted by atomic mass is 16.4. The van der Waals surface area contributed by atoms with Gasteiger partial charge >= 0.3 is 11.9 Å². The average molecular weight is 367 g/mol. The van der Waals surface area contributed by atoms with Gasteiger partial charge in [-0.3, -0.25) is 4.90 Å². The lowest BCUT2D eigenvalue weighted by Gasteiger charge is -2.38.